The highest BCUT2D eigenvalue weighted by atomic mass is 32.1. The Balaban J connectivity index is 2.13. The number of piperidine rings is 1. The van der Waals surface area contributed by atoms with Crippen LogP contribution in [0.25, 0.3) is 0 Å². The van der Waals surface area contributed by atoms with E-state index < -0.39 is 0 Å². The molecule has 0 aromatic carbocycles. The van der Waals surface area contributed by atoms with E-state index in [1.807, 2.05) is 0 Å². The minimum Gasteiger partial charge on any atom is -0.393 e. The number of nitrogens with zero attached hydrogens (tertiary/aromatic N) is 1. The first-order valence-electron chi connectivity index (χ1n) is 4.49. The number of likely N-dealkylation sites (tertiary alicyclic amines) is 1. The van der Waals surface area contributed by atoms with E-state index in [0.717, 1.165) is 38.2 Å². The lowest BCUT2D eigenvalue weighted by molar-refractivity contribution is 0.0880. The van der Waals surface area contributed by atoms with Gasteiger partial charge in [-0.25, -0.2) is 0 Å². The third-order valence-corrected chi connectivity index (χ3v) is 2.40. The maximum Gasteiger partial charge on any atom is 0.0564 e. The molecule has 0 unspecified atom stereocenters. The zero-order chi connectivity index (χ0) is 8.81. The Hall–Kier alpha value is 0.01000. The van der Waals surface area contributed by atoms with E-state index in [-0.39, 0.29) is 6.10 Å². The summed E-state index contributed by atoms with van der Waals surface area (Å²) in [5.41, 5.74) is 0. The topological polar surface area (TPSA) is 23.5 Å². The van der Waals surface area contributed by atoms with Gasteiger partial charge < -0.3 is 5.11 Å². The van der Waals surface area contributed by atoms with Crippen molar-refractivity contribution in [1.82, 2.24) is 4.90 Å². The molecule has 1 aliphatic rings. The third kappa shape index (κ3) is 3.61. The van der Waals surface area contributed by atoms with Crippen molar-refractivity contribution in [3.63, 3.8) is 0 Å². The number of aliphatic hydroxyl groups is 1. The van der Waals surface area contributed by atoms with Crippen LogP contribution in [-0.2, 0) is 0 Å². The lowest BCUT2D eigenvalue weighted by Gasteiger charge is -2.28. The summed E-state index contributed by atoms with van der Waals surface area (Å²) in [6, 6.07) is 0. The van der Waals surface area contributed by atoms with Crippen LogP contribution in [0.4, 0.5) is 0 Å². The molecule has 12 heavy (non-hydrogen) atoms. The summed E-state index contributed by atoms with van der Waals surface area (Å²) in [6.45, 7) is 3.06. The second kappa shape index (κ2) is 5.62. The average molecular weight is 187 g/mol. The lowest BCUT2D eigenvalue weighted by atomic mass is 10.1. The Bertz CT molecular complexity index is 141. The van der Waals surface area contributed by atoms with Gasteiger partial charge in [-0.15, -0.1) is 0 Å². The molecule has 0 amide bonds. The molecule has 70 valence electrons. The highest BCUT2D eigenvalue weighted by molar-refractivity contribution is 7.80. The first-order chi connectivity index (χ1) is 5.83. The van der Waals surface area contributed by atoms with Crippen LogP contribution in [0.2, 0.25) is 0 Å². The van der Waals surface area contributed by atoms with Gasteiger partial charge in [-0.3, -0.25) is 4.90 Å². The fraction of sp³-hybridized carbons (Fsp3) is 0.778. The predicted octanol–water partition coefficient (Wildman–Crippen LogP) is 0.929. The molecule has 1 N–H and O–H groups in total. The standard InChI is InChI=1S/C9H17NOS/c11-9-3-6-10(7-4-9)5-1-2-8-12/h1-2,9,11-12H,3-8H2. The zero-order valence-electron chi connectivity index (χ0n) is 7.32. The third-order valence-electron chi connectivity index (χ3n) is 2.19. The first-order valence-corrected chi connectivity index (χ1v) is 5.12. The van der Waals surface area contributed by atoms with E-state index in [0.29, 0.717) is 0 Å². The van der Waals surface area contributed by atoms with Gasteiger partial charge in [0, 0.05) is 25.4 Å². The first kappa shape index (κ1) is 10.1. The van der Waals surface area contributed by atoms with Gasteiger partial charge in [0.15, 0.2) is 0 Å². The van der Waals surface area contributed by atoms with E-state index in [1.165, 1.54) is 0 Å². The SMILES string of the molecule is OC1CCN(CC=CCS)CC1. The van der Waals surface area contributed by atoms with Crippen molar-refractivity contribution in [3.05, 3.63) is 12.2 Å². The van der Waals surface area contributed by atoms with E-state index in [4.69, 9.17) is 0 Å². The number of aliphatic hydroxyl groups excluding tert-OH is 1. The van der Waals surface area contributed by atoms with Crippen molar-refractivity contribution in [2.24, 2.45) is 0 Å². The molecule has 0 aliphatic carbocycles. The minimum absolute atomic E-state index is 0.0601. The van der Waals surface area contributed by atoms with E-state index in [9.17, 15) is 5.11 Å². The smallest absolute Gasteiger partial charge is 0.0564 e. The summed E-state index contributed by atoms with van der Waals surface area (Å²) in [7, 11) is 0. The number of thiol groups is 1. The van der Waals surface area contributed by atoms with Gasteiger partial charge in [0.2, 0.25) is 0 Å². The largest absolute Gasteiger partial charge is 0.393 e. The predicted molar refractivity (Wildman–Crippen MR) is 54.7 cm³/mol. The highest BCUT2D eigenvalue weighted by Gasteiger charge is 2.14. The van der Waals surface area contributed by atoms with E-state index in [2.05, 4.69) is 29.7 Å². The molecular formula is C9H17NOS. The molecule has 0 bridgehead atoms. The van der Waals surface area contributed by atoms with Crippen LogP contribution in [-0.4, -0.2) is 41.5 Å². The van der Waals surface area contributed by atoms with Crippen LogP contribution in [0.3, 0.4) is 0 Å². The molecule has 0 radical (unpaired) electrons. The monoisotopic (exact) mass is 187 g/mol. The minimum atomic E-state index is -0.0601. The fourth-order valence-corrected chi connectivity index (χ4v) is 1.55. The summed E-state index contributed by atoms with van der Waals surface area (Å²) in [6.07, 6.45) is 6.00. The summed E-state index contributed by atoms with van der Waals surface area (Å²) >= 11 is 4.09. The second-order valence-electron chi connectivity index (χ2n) is 3.19. The Morgan fingerprint density at radius 1 is 1.33 bits per heavy atom. The van der Waals surface area contributed by atoms with Crippen molar-refractivity contribution in [1.29, 1.82) is 0 Å². The molecule has 0 aromatic heterocycles. The number of hydrogen-bond donors (Lipinski definition) is 2. The van der Waals surface area contributed by atoms with Crippen LogP contribution in [0.1, 0.15) is 12.8 Å². The summed E-state index contributed by atoms with van der Waals surface area (Å²) in [4.78, 5) is 2.35. The van der Waals surface area contributed by atoms with Gasteiger partial charge in [0.25, 0.3) is 0 Å². The van der Waals surface area contributed by atoms with Crippen LogP contribution in [0.15, 0.2) is 12.2 Å². The molecule has 1 fully saturated rings. The zero-order valence-corrected chi connectivity index (χ0v) is 8.21. The van der Waals surface area contributed by atoms with Gasteiger partial charge in [-0.2, -0.15) is 12.6 Å². The molecule has 3 heteroatoms. The molecule has 0 atom stereocenters. The van der Waals surface area contributed by atoms with Gasteiger partial charge in [-0.1, -0.05) is 12.2 Å². The highest BCUT2D eigenvalue weighted by Crippen LogP contribution is 2.09. The van der Waals surface area contributed by atoms with E-state index >= 15 is 0 Å². The van der Waals surface area contributed by atoms with Crippen LogP contribution in [0, 0.1) is 0 Å². The fourth-order valence-electron chi connectivity index (χ4n) is 1.40. The van der Waals surface area contributed by atoms with Crippen LogP contribution in [0.5, 0.6) is 0 Å². The normalized spacial score (nSPS) is 22.2. The van der Waals surface area contributed by atoms with Crippen molar-refractivity contribution in [2.45, 2.75) is 18.9 Å². The molecule has 1 heterocycles. The summed E-state index contributed by atoms with van der Waals surface area (Å²) in [5, 5.41) is 9.24. The maximum atomic E-state index is 9.24. The molecule has 0 saturated carbocycles. The Morgan fingerprint density at radius 2 is 2.00 bits per heavy atom. The van der Waals surface area contributed by atoms with Crippen molar-refractivity contribution >= 4 is 12.6 Å². The van der Waals surface area contributed by atoms with Gasteiger partial charge >= 0.3 is 0 Å². The summed E-state index contributed by atoms with van der Waals surface area (Å²) in [5.74, 6) is 0.816. The van der Waals surface area contributed by atoms with Crippen molar-refractivity contribution in [2.75, 3.05) is 25.4 Å². The number of hydrogen-bond acceptors (Lipinski definition) is 3. The molecule has 0 spiro atoms. The van der Waals surface area contributed by atoms with Crippen LogP contribution < -0.4 is 0 Å². The Morgan fingerprint density at radius 3 is 2.58 bits per heavy atom. The molecule has 1 rings (SSSR count). The van der Waals surface area contributed by atoms with Gasteiger partial charge in [0.1, 0.15) is 0 Å². The summed E-state index contributed by atoms with van der Waals surface area (Å²) < 4.78 is 0. The number of rotatable bonds is 3. The average Bonchev–Trinajstić information content (AvgIpc) is 2.09. The van der Waals surface area contributed by atoms with Gasteiger partial charge in [0.05, 0.1) is 6.10 Å². The lowest BCUT2D eigenvalue weighted by Crippen LogP contribution is -2.35. The quantitative estimate of drug-likeness (QED) is 0.507. The Kier molecular flexibility index (Phi) is 4.73. The second-order valence-corrected chi connectivity index (χ2v) is 3.55. The molecule has 1 saturated heterocycles. The molecule has 0 aromatic rings. The van der Waals surface area contributed by atoms with E-state index in [1.54, 1.807) is 0 Å². The Labute approximate surface area is 79.7 Å². The van der Waals surface area contributed by atoms with Crippen molar-refractivity contribution in [3.8, 4) is 0 Å². The molecule has 1 aliphatic heterocycles. The maximum absolute atomic E-state index is 9.24. The van der Waals surface area contributed by atoms with Crippen LogP contribution >= 0.6 is 12.6 Å². The van der Waals surface area contributed by atoms with Crippen molar-refractivity contribution < 1.29 is 5.11 Å². The van der Waals surface area contributed by atoms with Gasteiger partial charge in [-0.05, 0) is 12.8 Å². The molecule has 2 nitrogen and oxygen atoms in total. The molecular weight excluding hydrogens is 170 g/mol.